The van der Waals surface area contributed by atoms with Gasteiger partial charge in [0, 0.05) is 12.1 Å². The molecule has 2 aromatic carbocycles. The van der Waals surface area contributed by atoms with Crippen molar-refractivity contribution in [2.24, 2.45) is 0 Å². The predicted molar refractivity (Wildman–Crippen MR) is 76.6 cm³/mol. The van der Waals surface area contributed by atoms with E-state index in [0.29, 0.717) is 0 Å². The van der Waals surface area contributed by atoms with Gasteiger partial charge in [0.2, 0.25) is 5.91 Å². The van der Waals surface area contributed by atoms with Crippen molar-refractivity contribution in [3.05, 3.63) is 69.8 Å². The molecule has 2 rings (SSSR count). The Kier molecular flexibility index (Phi) is 4.26. The van der Waals surface area contributed by atoms with Crippen molar-refractivity contribution in [3.63, 3.8) is 0 Å². The van der Waals surface area contributed by atoms with Crippen LogP contribution in [0.3, 0.4) is 0 Å². The van der Waals surface area contributed by atoms with Gasteiger partial charge in [0.25, 0.3) is 5.69 Å². The van der Waals surface area contributed by atoms with Crippen LogP contribution in [-0.4, -0.2) is 10.8 Å². The van der Waals surface area contributed by atoms with Crippen molar-refractivity contribution in [2.45, 2.75) is 6.42 Å². The molecule has 2 aromatic rings. The van der Waals surface area contributed by atoms with E-state index in [2.05, 4.69) is 5.32 Å². The second kappa shape index (κ2) is 6.30. The number of nitro benzene ring substituents is 1. The molecule has 0 saturated carbocycles. The smallest absolute Gasteiger partial charge is 0.270 e. The summed E-state index contributed by atoms with van der Waals surface area (Å²) in [6.45, 7) is 0. The van der Waals surface area contributed by atoms with Gasteiger partial charge in [0.15, 0.2) is 0 Å². The van der Waals surface area contributed by atoms with Crippen molar-refractivity contribution < 1.29 is 9.72 Å². The summed E-state index contributed by atoms with van der Waals surface area (Å²) in [4.78, 5) is 22.0. The van der Waals surface area contributed by atoms with Gasteiger partial charge in [-0.1, -0.05) is 30.3 Å². The highest BCUT2D eigenvalue weighted by atomic mass is 16.6. The fraction of sp³-hybridized carbons (Fsp3) is 0.0667. The molecular formula is C15H11N3O3. The van der Waals surface area contributed by atoms with E-state index in [1.807, 2.05) is 36.4 Å². The zero-order valence-corrected chi connectivity index (χ0v) is 10.9. The van der Waals surface area contributed by atoms with Crippen LogP contribution in [0.1, 0.15) is 11.1 Å². The number of amides is 1. The van der Waals surface area contributed by atoms with Gasteiger partial charge in [-0.25, -0.2) is 0 Å². The second-order valence-corrected chi connectivity index (χ2v) is 4.31. The SMILES string of the molecule is N#Cc1cc([N+](=O)[O-])ccc1NC(=O)Cc1ccccc1. The summed E-state index contributed by atoms with van der Waals surface area (Å²) < 4.78 is 0. The van der Waals surface area contributed by atoms with Crippen molar-refractivity contribution in [2.75, 3.05) is 5.32 Å². The number of anilines is 1. The highest BCUT2D eigenvalue weighted by Gasteiger charge is 2.12. The number of rotatable bonds is 4. The maximum Gasteiger partial charge on any atom is 0.270 e. The summed E-state index contributed by atoms with van der Waals surface area (Å²) in [5.74, 6) is -0.286. The average molecular weight is 281 g/mol. The molecule has 21 heavy (non-hydrogen) atoms. The van der Waals surface area contributed by atoms with Crippen molar-refractivity contribution >= 4 is 17.3 Å². The first-order valence-corrected chi connectivity index (χ1v) is 6.12. The number of nitrogens with zero attached hydrogens (tertiary/aromatic N) is 2. The number of hydrogen-bond donors (Lipinski definition) is 1. The summed E-state index contributed by atoms with van der Waals surface area (Å²) in [5.41, 5.74) is 0.984. The van der Waals surface area contributed by atoms with Gasteiger partial charge in [0.05, 0.1) is 22.6 Å². The molecule has 1 amide bonds. The topological polar surface area (TPSA) is 96.0 Å². The number of nitriles is 1. The fourth-order valence-electron chi connectivity index (χ4n) is 1.82. The third kappa shape index (κ3) is 3.64. The Bertz CT molecular complexity index is 721. The molecule has 1 N–H and O–H groups in total. The first-order valence-electron chi connectivity index (χ1n) is 6.12. The Morgan fingerprint density at radius 3 is 2.57 bits per heavy atom. The van der Waals surface area contributed by atoms with Crippen LogP contribution < -0.4 is 5.32 Å². The van der Waals surface area contributed by atoms with E-state index < -0.39 is 4.92 Å². The van der Waals surface area contributed by atoms with Gasteiger partial charge in [-0.3, -0.25) is 14.9 Å². The quantitative estimate of drug-likeness (QED) is 0.688. The van der Waals surface area contributed by atoms with Gasteiger partial charge >= 0.3 is 0 Å². The summed E-state index contributed by atoms with van der Waals surface area (Å²) in [5, 5.41) is 22.2. The lowest BCUT2D eigenvalue weighted by atomic mass is 10.1. The maximum atomic E-state index is 11.9. The van der Waals surface area contributed by atoms with E-state index in [1.54, 1.807) is 0 Å². The van der Waals surface area contributed by atoms with Crippen molar-refractivity contribution in [1.29, 1.82) is 5.26 Å². The molecule has 0 fully saturated rings. The van der Waals surface area contributed by atoms with E-state index in [-0.39, 0.29) is 29.3 Å². The molecule has 0 saturated heterocycles. The highest BCUT2D eigenvalue weighted by molar-refractivity contribution is 5.93. The molecule has 0 bridgehead atoms. The minimum absolute atomic E-state index is 0.0608. The fourth-order valence-corrected chi connectivity index (χ4v) is 1.82. The first kappa shape index (κ1) is 14.2. The molecule has 0 atom stereocenters. The van der Waals surface area contributed by atoms with Crippen LogP contribution in [0, 0.1) is 21.4 Å². The number of benzene rings is 2. The Morgan fingerprint density at radius 2 is 1.95 bits per heavy atom. The number of carbonyl (C=O) groups is 1. The van der Waals surface area contributed by atoms with Crippen molar-refractivity contribution in [1.82, 2.24) is 0 Å². The average Bonchev–Trinajstić information content (AvgIpc) is 2.48. The lowest BCUT2D eigenvalue weighted by Crippen LogP contribution is -2.15. The zero-order chi connectivity index (χ0) is 15.2. The number of non-ortho nitro benzene ring substituents is 1. The molecule has 104 valence electrons. The predicted octanol–water partition coefficient (Wildman–Crippen LogP) is 2.65. The lowest BCUT2D eigenvalue weighted by molar-refractivity contribution is -0.384. The monoisotopic (exact) mass is 281 g/mol. The largest absolute Gasteiger partial charge is 0.325 e. The van der Waals surface area contributed by atoms with E-state index in [1.165, 1.54) is 12.1 Å². The maximum absolute atomic E-state index is 11.9. The number of hydrogen-bond acceptors (Lipinski definition) is 4. The Labute approximate surface area is 120 Å². The third-order valence-corrected chi connectivity index (χ3v) is 2.82. The summed E-state index contributed by atoms with van der Waals surface area (Å²) in [6.07, 6.45) is 0.169. The number of nitrogens with one attached hydrogen (secondary N) is 1. The third-order valence-electron chi connectivity index (χ3n) is 2.82. The Hall–Kier alpha value is -3.20. The van der Waals surface area contributed by atoms with Crippen LogP contribution in [-0.2, 0) is 11.2 Å². The zero-order valence-electron chi connectivity index (χ0n) is 10.9. The molecule has 0 unspecified atom stereocenters. The molecule has 0 aromatic heterocycles. The van der Waals surface area contributed by atoms with Crippen LogP contribution in [0.2, 0.25) is 0 Å². The summed E-state index contributed by atoms with van der Waals surface area (Å²) in [6, 6.07) is 14.7. The molecule has 0 spiro atoms. The summed E-state index contributed by atoms with van der Waals surface area (Å²) >= 11 is 0. The van der Waals surface area contributed by atoms with Gasteiger partial charge in [-0.15, -0.1) is 0 Å². The molecule has 0 aliphatic carbocycles. The Morgan fingerprint density at radius 1 is 1.24 bits per heavy atom. The van der Waals surface area contributed by atoms with Gasteiger partial charge < -0.3 is 5.32 Å². The Balaban J connectivity index is 2.14. The summed E-state index contributed by atoms with van der Waals surface area (Å²) in [7, 11) is 0. The van der Waals surface area contributed by atoms with Crippen LogP contribution in [0.25, 0.3) is 0 Å². The van der Waals surface area contributed by atoms with E-state index in [4.69, 9.17) is 5.26 Å². The normalized spacial score (nSPS) is 9.67. The van der Waals surface area contributed by atoms with Gasteiger partial charge in [0.1, 0.15) is 6.07 Å². The van der Waals surface area contributed by atoms with Crippen LogP contribution in [0.4, 0.5) is 11.4 Å². The lowest BCUT2D eigenvalue weighted by Gasteiger charge is -2.07. The number of carbonyl (C=O) groups excluding carboxylic acids is 1. The van der Waals surface area contributed by atoms with Crippen LogP contribution >= 0.6 is 0 Å². The van der Waals surface area contributed by atoms with Gasteiger partial charge in [-0.2, -0.15) is 5.26 Å². The minimum atomic E-state index is -0.587. The first-order chi connectivity index (χ1) is 10.1. The molecule has 0 heterocycles. The standard InChI is InChI=1S/C15H11N3O3/c16-10-12-9-13(18(20)21)6-7-14(12)17-15(19)8-11-4-2-1-3-5-11/h1-7,9H,8H2,(H,17,19). The second-order valence-electron chi connectivity index (χ2n) is 4.31. The van der Waals surface area contributed by atoms with Gasteiger partial charge in [-0.05, 0) is 11.6 Å². The highest BCUT2D eigenvalue weighted by Crippen LogP contribution is 2.21. The molecule has 6 nitrogen and oxygen atoms in total. The van der Waals surface area contributed by atoms with E-state index in [0.717, 1.165) is 11.6 Å². The minimum Gasteiger partial charge on any atom is -0.325 e. The molecule has 6 heteroatoms. The van der Waals surface area contributed by atoms with Crippen molar-refractivity contribution in [3.8, 4) is 6.07 Å². The van der Waals surface area contributed by atoms with E-state index in [9.17, 15) is 14.9 Å². The van der Waals surface area contributed by atoms with Crippen LogP contribution in [0.15, 0.2) is 48.5 Å². The molecule has 0 aliphatic rings. The van der Waals surface area contributed by atoms with Crippen LogP contribution in [0.5, 0.6) is 0 Å². The molecule has 0 aliphatic heterocycles. The molecule has 0 radical (unpaired) electrons. The van der Waals surface area contributed by atoms with E-state index >= 15 is 0 Å². The molecular weight excluding hydrogens is 270 g/mol. The number of nitro groups is 1.